The highest BCUT2D eigenvalue weighted by Crippen LogP contribution is 2.25. The van der Waals surface area contributed by atoms with Crippen molar-refractivity contribution in [1.82, 2.24) is 15.1 Å². The largest absolute Gasteiger partial charge is 0.494 e. The molecule has 1 atom stereocenters. The summed E-state index contributed by atoms with van der Waals surface area (Å²) in [5, 5.41) is 3.07. The van der Waals surface area contributed by atoms with Gasteiger partial charge in [0.05, 0.1) is 18.6 Å². The molecule has 2 aliphatic rings. The molecule has 148 valence electrons. The second-order valence-corrected chi connectivity index (χ2v) is 7.75. The van der Waals surface area contributed by atoms with E-state index < -0.39 is 0 Å². The first-order chi connectivity index (χ1) is 13.0. The lowest BCUT2D eigenvalue weighted by Gasteiger charge is -2.41. The van der Waals surface area contributed by atoms with Gasteiger partial charge in [0.1, 0.15) is 5.75 Å². The smallest absolute Gasteiger partial charge is 0.227 e. The minimum Gasteiger partial charge on any atom is -0.494 e. The fourth-order valence-electron chi connectivity index (χ4n) is 3.77. The summed E-state index contributed by atoms with van der Waals surface area (Å²) in [6, 6.07) is 7.74. The highest BCUT2D eigenvalue weighted by atomic mass is 16.5. The van der Waals surface area contributed by atoms with Crippen LogP contribution in [-0.2, 0) is 9.59 Å². The molecule has 2 heterocycles. The van der Waals surface area contributed by atoms with Gasteiger partial charge in [0.25, 0.3) is 0 Å². The van der Waals surface area contributed by atoms with Crippen molar-refractivity contribution in [3.05, 3.63) is 29.8 Å². The molecular formula is C21H31N3O3. The van der Waals surface area contributed by atoms with Crippen molar-refractivity contribution in [3.8, 4) is 5.75 Å². The molecule has 2 saturated heterocycles. The van der Waals surface area contributed by atoms with Crippen LogP contribution in [0.15, 0.2) is 24.3 Å². The van der Waals surface area contributed by atoms with E-state index in [4.69, 9.17) is 4.74 Å². The fraction of sp³-hybridized carbons (Fsp3) is 0.619. The van der Waals surface area contributed by atoms with E-state index in [2.05, 4.69) is 17.3 Å². The SMILES string of the molecule is CCOc1ccc([C@H](C)NC(=O)C2CN(C(=O)C3CCN(C)CC3)C2)cc1. The molecule has 0 spiro atoms. The van der Waals surface area contributed by atoms with Crippen LogP contribution in [0.4, 0.5) is 0 Å². The highest BCUT2D eigenvalue weighted by Gasteiger charge is 2.39. The average molecular weight is 373 g/mol. The van der Waals surface area contributed by atoms with Crippen LogP contribution in [-0.4, -0.2) is 61.4 Å². The van der Waals surface area contributed by atoms with Gasteiger partial charge in [-0.1, -0.05) is 12.1 Å². The first kappa shape index (κ1) is 19.7. The Hall–Kier alpha value is -2.08. The molecule has 6 heteroatoms. The third kappa shape index (κ3) is 4.80. The van der Waals surface area contributed by atoms with Gasteiger partial charge in [-0.15, -0.1) is 0 Å². The predicted molar refractivity (Wildman–Crippen MR) is 104 cm³/mol. The van der Waals surface area contributed by atoms with Gasteiger partial charge in [-0.2, -0.15) is 0 Å². The van der Waals surface area contributed by atoms with Crippen LogP contribution < -0.4 is 10.1 Å². The number of amides is 2. The van der Waals surface area contributed by atoms with Crippen LogP contribution in [0.1, 0.15) is 38.3 Å². The Kier molecular flexibility index (Phi) is 6.37. The molecule has 2 amide bonds. The normalized spacial score (nSPS) is 20.0. The Labute approximate surface area is 161 Å². The Morgan fingerprint density at radius 3 is 2.37 bits per heavy atom. The van der Waals surface area contributed by atoms with E-state index in [1.807, 2.05) is 43.0 Å². The molecule has 0 aromatic heterocycles. The van der Waals surface area contributed by atoms with Crippen LogP contribution in [0.5, 0.6) is 5.75 Å². The van der Waals surface area contributed by atoms with E-state index in [-0.39, 0.29) is 29.7 Å². The molecule has 2 fully saturated rings. The number of carbonyl (C=O) groups is 2. The van der Waals surface area contributed by atoms with E-state index >= 15 is 0 Å². The molecule has 0 bridgehead atoms. The second-order valence-electron chi connectivity index (χ2n) is 7.75. The van der Waals surface area contributed by atoms with Gasteiger partial charge in [-0.3, -0.25) is 9.59 Å². The first-order valence-corrected chi connectivity index (χ1v) is 9.98. The lowest BCUT2D eigenvalue weighted by atomic mass is 9.91. The zero-order chi connectivity index (χ0) is 19.4. The quantitative estimate of drug-likeness (QED) is 0.829. The van der Waals surface area contributed by atoms with E-state index in [1.54, 1.807) is 0 Å². The van der Waals surface area contributed by atoms with Crippen molar-refractivity contribution in [1.29, 1.82) is 0 Å². The van der Waals surface area contributed by atoms with Crippen LogP contribution in [0, 0.1) is 11.8 Å². The van der Waals surface area contributed by atoms with Gasteiger partial charge in [0.2, 0.25) is 11.8 Å². The van der Waals surface area contributed by atoms with E-state index in [9.17, 15) is 9.59 Å². The van der Waals surface area contributed by atoms with Gasteiger partial charge in [-0.25, -0.2) is 0 Å². The summed E-state index contributed by atoms with van der Waals surface area (Å²) in [4.78, 5) is 29.1. The van der Waals surface area contributed by atoms with Crippen molar-refractivity contribution >= 4 is 11.8 Å². The molecular weight excluding hydrogens is 342 g/mol. The number of carbonyl (C=O) groups excluding carboxylic acids is 2. The number of hydrogen-bond donors (Lipinski definition) is 1. The third-order valence-electron chi connectivity index (χ3n) is 5.68. The van der Waals surface area contributed by atoms with E-state index in [0.717, 1.165) is 37.2 Å². The summed E-state index contributed by atoms with van der Waals surface area (Å²) in [5.74, 6) is 1.13. The number of ether oxygens (including phenoxy) is 1. The number of benzene rings is 1. The molecule has 27 heavy (non-hydrogen) atoms. The Bertz CT molecular complexity index is 647. The van der Waals surface area contributed by atoms with E-state index in [0.29, 0.717) is 19.7 Å². The van der Waals surface area contributed by atoms with Crippen LogP contribution >= 0.6 is 0 Å². The Morgan fingerprint density at radius 2 is 1.78 bits per heavy atom. The predicted octanol–water partition coefficient (Wildman–Crippen LogP) is 2.06. The monoisotopic (exact) mass is 373 g/mol. The minimum atomic E-state index is -0.0923. The fourth-order valence-corrected chi connectivity index (χ4v) is 3.77. The van der Waals surface area contributed by atoms with Gasteiger partial charge >= 0.3 is 0 Å². The number of nitrogens with zero attached hydrogens (tertiary/aromatic N) is 2. The van der Waals surface area contributed by atoms with Gasteiger partial charge in [0, 0.05) is 19.0 Å². The molecule has 2 aliphatic heterocycles. The maximum Gasteiger partial charge on any atom is 0.227 e. The molecule has 0 unspecified atom stereocenters. The zero-order valence-electron chi connectivity index (χ0n) is 16.6. The van der Waals surface area contributed by atoms with E-state index in [1.165, 1.54) is 0 Å². The molecule has 0 saturated carbocycles. The highest BCUT2D eigenvalue weighted by molar-refractivity contribution is 5.85. The van der Waals surface area contributed by atoms with Crippen molar-refractivity contribution in [2.24, 2.45) is 11.8 Å². The molecule has 1 N–H and O–H groups in total. The van der Waals surface area contributed by atoms with Crippen molar-refractivity contribution in [2.45, 2.75) is 32.7 Å². The number of hydrogen-bond acceptors (Lipinski definition) is 4. The number of nitrogens with one attached hydrogen (secondary N) is 1. The number of piperidine rings is 1. The number of rotatable bonds is 6. The maximum absolute atomic E-state index is 12.5. The number of likely N-dealkylation sites (tertiary alicyclic amines) is 2. The molecule has 0 aliphatic carbocycles. The summed E-state index contributed by atoms with van der Waals surface area (Å²) in [5.41, 5.74) is 1.05. The van der Waals surface area contributed by atoms with Gasteiger partial charge in [0.15, 0.2) is 0 Å². The summed E-state index contributed by atoms with van der Waals surface area (Å²) >= 11 is 0. The topological polar surface area (TPSA) is 61.9 Å². The maximum atomic E-state index is 12.5. The Morgan fingerprint density at radius 1 is 1.15 bits per heavy atom. The lowest BCUT2D eigenvalue weighted by Crippen LogP contribution is -2.57. The zero-order valence-corrected chi connectivity index (χ0v) is 16.6. The summed E-state index contributed by atoms with van der Waals surface area (Å²) in [6.07, 6.45) is 1.86. The standard InChI is InChI=1S/C21H31N3O3/c1-4-27-19-7-5-16(6-8-19)15(2)22-20(25)18-13-24(14-18)21(26)17-9-11-23(3)12-10-17/h5-8,15,17-18H,4,9-14H2,1-3H3,(H,22,25)/t15-/m0/s1. The van der Waals surface area contributed by atoms with Crippen molar-refractivity contribution in [2.75, 3.05) is 39.8 Å². The van der Waals surface area contributed by atoms with Crippen LogP contribution in [0.25, 0.3) is 0 Å². The van der Waals surface area contributed by atoms with Gasteiger partial charge < -0.3 is 19.9 Å². The second kappa shape index (κ2) is 8.74. The Balaban J connectivity index is 1.44. The minimum absolute atomic E-state index is 0.0313. The molecule has 1 aromatic rings. The summed E-state index contributed by atoms with van der Waals surface area (Å²) in [7, 11) is 2.09. The molecule has 0 radical (unpaired) electrons. The van der Waals surface area contributed by atoms with Crippen molar-refractivity contribution in [3.63, 3.8) is 0 Å². The van der Waals surface area contributed by atoms with Crippen LogP contribution in [0.2, 0.25) is 0 Å². The summed E-state index contributed by atoms with van der Waals surface area (Å²) in [6.45, 7) is 7.63. The van der Waals surface area contributed by atoms with Crippen LogP contribution in [0.3, 0.4) is 0 Å². The third-order valence-corrected chi connectivity index (χ3v) is 5.68. The van der Waals surface area contributed by atoms with Gasteiger partial charge in [-0.05, 0) is 64.5 Å². The molecule has 6 nitrogen and oxygen atoms in total. The molecule has 1 aromatic carbocycles. The lowest BCUT2D eigenvalue weighted by molar-refractivity contribution is -0.147. The average Bonchev–Trinajstić information content (AvgIpc) is 2.61. The molecule has 3 rings (SSSR count). The van der Waals surface area contributed by atoms with Crippen molar-refractivity contribution < 1.29 is 14.3 Å². The first-order valence-electron chi connectivity index (χ1n) is 9.98. The summed E-state index contributed by atoms with van der Waals surface area (Å²) < 4.78 is 5.45.